The van der Waals surface area contributed by atoms with Crippen LogP contribution in [0.3, 0.4) is 0 Å². The van der Waals surface area contributed by atoms with E-state index in [0.717, 1.165) is 25.7 Å². The first-order valence-electron chi connectivity index (χ1n) is 5.37. The van der Waals surface area contributed by atoms with Gasteiger partial charge in [-0.3, -0.25) is 4.79 Å². The van der Waals surface area contributed by atoms with Crippen LogP contribution in [-0.2, 0) is 4.79 Å². The summed E-state index contributed by atoms with van der Waals surface area (Å²) in [7, 11) is 0. The van der Waals surface area contributed by atoms with Gasteiger partial charge in [-0.15, -0.1) is 0 Å². The lowest BCUT2D eigenvalue weighted by atomic mass is 9.84. The van der Waals surface area contributed by atoms with Crippen molar-refractivity contribution < 1.29 is 4.79 Å². The fourth-order valence-electron chi connectivity index (χ4n) is 2.39. The fourth-order valence-corrected chi connectivity index (χ4v) is 2.68. The number of carbonyl (C=O) groups excluding carboxylic acids is 1. The van der Waals surface area contributed by atoms with Crippen LogP contribution in [0.25, 0.3) is 0 Å². The fraction of sp³-hybridized carbons (Fsp3) is 0.800. The Morgan fingerprint density at radius 2 is 1.64 bits per heavy atom. The van der Waals surface area contributed by atoms with Gasteiger partial charge in [0, 0.05) is 0 Å². The van der Waals surface area contributed by atoms with Gasteiger partial charge in [-0.2, -0.15) is 0 Å². The van der Waals surface area contributed by atoms with Crippen molar-refractivity contribution >= 4 is 23.2 Å². The van der Waals surface area contributed by atoms with Crippen LogP contribution in [0.5, 0.6) is 0 Å². The van der Waals surface area contributed by atoms with Gasteiger partial charge in [-0.05, 0) is 25.1 Å². The highest BCUT2D eigenvalue weighted by Crippen LogP contribution is 2.28. The van der Waals surface area contributed by atoms with Crippen molar-refractivity contribution in [1.82, 2.24) is 10.6 Å². The largest absolute Gasteiger partial charge is 0.348 e. The Hall–Kier alpha value is -0.640. The Morgan fingerprint density at radius 1 is 1.07 bits per heavy atom. The van der Waals surface area contributed by atoms with Crippen LogP contribution in [0.15, 0.2) is 0 Å². The summed E-state index contributed by atoms with van der Waals surface area (Å²) in [5.74, 6) is 0.0874. The number of hydrogen-bond donors (Lipinski definition) is 2. The zero-order valence-corrected chi connectivity index (χ0v) is 9.08. The molecule has 1 spiro atoms. The Labute approximate surface area is 89.6 Å². The van der Waals surface area contributed by atoms with Gasteiger partial charge in [0.05, 0.1) is 0 Å². The summed E-state index contributed by atoms with van der Waals surface area (Å²) in [4.78, 5) is 11.8. The molecule has 1 aliphatic heterocycles. The van der Waals surface area contributed by atoms with Crippen LogP contribution in [0, 0.1) is 0 Å². The summed E-state index contributed by atoms with van der Waals surface area (Å²) in [5, 5.41) is 6.37. The van der Waals surface area contributed by atoms with E-state index in [2.05, 4.69) is 10.6 Å². The molecule has 2 rings (SSSR count). The molecule has 0 atom stereocenters. The minimum Gasteiger partial charge on any atom is -0.348 e. The topological polar surface area (TPSA) is 41.1 Å². The third-order valence-electron chi connectivity index (χ3n) is 3.22. The summed E-state index contributed by atoms with van der Waals surface area (Å²) >= 11 is 4.98. The lowest BCUT2D eigenvalue weighted by Crippen LogP contribution is -2.47. The molecule has 0 radical (unpaired) electrons. The average molecular weight is 212 g/mol. The molecule has 0 bridgehead atoms. The molecule has 14 heavy (non-hydrogen) atoms. The van der Waals surface area contributed by atoms with Crippen molar-refractivity contribution in [3.8, 4) is 0 Å². The van der Waals surface area contributed by atoms with Crippen molar-refractivity contribution in [2.45, 2.75) is 50.5 Å². The number of amides is 1. The molecule has 4 heteroatoms. The lowest BCUT2D eigenvalue weighted by Gasteiger charge is -2.28. The highest BCUT2D eigenvalue weighted by molar-refractivity contribution is 7.80. The van der Waals surface area contributed by atoms with Crippen LogP contribution >= 0.6 is 12.2 Å². The molecule has 2 fully saturated rings. The second-order valence-electron chi connectivity index (χ2n) is 4.26. The number of hydrogen-bond acceptors (Lipinski definition) is 2. The van der Waals surface area contributed by atoms with Crippen molar-refractivity contribution in [2.24, 2.45) is 0 Å². The van der Waals surface area contributed by atoms with Gasteiger partial charge in [0.1, 0.15) is 5.54 Å². The maximum Gasteiger partial charge on any atom is 0.251 e. The second kappa shape index (κ2) is 3.85. The number of thiocarbonyl (C=S) groups is 1. The van der Waals surface area contributed by atoms with E-state index in [-0.39, 0.29) is 11.4 Å². The van der Waals surface area contributed by atoms with Crippen LogP contribution < -0.4 is 10.6 Å². The van der Waals surface area contributed by atoms with Gasteiger partial charge in [-0.1, -0.05) is 32.1 Å². The summed E-state index contributed by atoms with van der Waals surface area (Å²) in [6.45, 7) is 0. The maximum atomic E-state index is 11.8. The van der Waals surface area contributed by atoms with Gasteiger partial charge in [-0.25, -0.2) is 0 Å². The van der Waals surface area contributed by atoms with E-state index >= 15 is 0 Å². The molecule has 0 unspecified atom stereocenters. The predicted molar refractivity (Wildman–Crippen MR) is 58.9 cm³/mol. The summed E-state index contributed by atoms with van der Waals surface area (Å²) < 4.78 is 0. The molecule has 1 saturated heterocycles. The maximum absolute atomic E-state index is 11.8. The molecule has 2 N–H and O–H groups in total. The molecule has 0 aromatic heterocycles. The van der Waals surface area contributed by atoms with Crippen LogP contribution in [0.4, 0.5) is 0 Å². The summed E-state index contributed by atoms with van der Waals surface area (Å²) in [6, 6.07) is 0. The minimum absolute atomic E-state index is 0.0874. The van der Waals surface area contributed by atoms with E-state index in [4.69, 9.17) is 12.2 Å². The summed E-state index contributed by atoms with van der Waals surface area (Å²) in [6.07, 6.45) is 7.90. The summed E-state index contributed by atoms with van der Waals surface area (Å²) in [5.41, 5.74) is -0.364. The first-order valence-corrected chi connectivity index (χ1v) is 5.77. The lowest BCUT2D eigenvalue weighted by molar-refractivity contribution is -0.124. The van der Waals surface area contributed by atoms with Crippen molar-refractivity contribution in [2.75, 3.05) is 0 Å². The van der Waals surface area contributed by atoms with Crippen LogP contribution in [-0.4, -0.2) is 16.6 Å². The number of rotatable bonds is 0. The predicted octanol–water partition coefficient (Wildman–Crippen LogP) is 1.47. The van der Waals surface area contributed by atoms with Crippen molar-refractivity contribution in [3.63, 3.8) is 0 Å². The first-order chi connectivity index (χ1) is 6.73. The molecule has 1 heterocycles. The Bertz CT molecular complexity index is 257. The highest BCUT2D eigenvalue weighted by Gasteiger charge is 2.43. The van der Waals surface area contributed by atoms with E-state index in [1.165, 1.54) is 19.3 Å². The smallest absolute Gasteiger partial charge is 0.251 e. The molecule has 1 saturated carbocycles. The number of nitrogens with one attached hydrogen (secondary N) is 2. The highest BCUT2D eigenvalue weighted by atomic mass is 32.1. The van der Waals surface area contributed by atoms with E-state index in [0.29, 0.717) is 5.11 Å². The van der Waals surface area contributed by atoms with Crippen LogP contribution in [0.1, 0.15) is 44.9 Å². The first kappa shape index (κ1) is 9.90. The molecule has 1 aliphatic carbocycles. The van der Waals surface area contributed by atoms with Gasteiger partial charge in [0.25, 0.3) is 5.91 Å². The standard InChI is InChI=1S/C10H16N2OS/c13-8-10(12-9(14)11-8)6-4-2-1-3-5-7-10/h1-7H2,(H2,11,12,13,14). The average Bonchev–Trinajstić information content (AvgIpc) is 2.36. The van der Waals surface area contributed by atoms with Crippen molar-refractivity contribution in [1.29, 1.82) is 0 Å². The molecule has 3 nitrogen and oxygen atoms in total. The van der Waals surface area contributed by atoms with Crippen LogP contribution in [0.2, 0.25) is 0 Å². The van der Waals surface area contributed by atoms with Gasteiger partial charge in [0.2, 0.25) is 0 Å². The Kier molecular flexibility index (Phi) is 2.72. The third kappa shape index (κ3) is 1.75. The Morgan fingerprint density at radius 3 is 2.14 bits per heavy atom. The normalized spacial score (nSPS) is 26.6. The molecule has 0 aromatic carbocycles. The van der Waals surface area contributed by atoms with Gasteiger partial charge < -0.3 is 10.6 Å². The SMILES string of the molecule is O=C1NC(=S)NC12CCCCCCC2. The van der Waals surface area contributed by atoms with Crippen molar-refractivity contribution in [3.05, 3.63) is 0 Å². The quantitative estimate of drug-likeness (QED) is 0.597. The Balaban J connectivity index is 2.11. The van der Waals surface area contributed by atoms with E-state index < -0.39 is 0 Å². The molecular weight excluding hydrogens is 196 g/mol. The number of carbonyl (C=O) groups is 1. The molecular formula is C10H16N2OS. The van der Waals surface area contributed by atoms with Gasteiger partial charge in [0.15, 0.2) is 5.11 Å². The zero-order valence-electron chi connectivity index (χ0n) is 8.27. The monoisotopic (exact) mass is 212 g/mol. The molecule has 78 valence electrons. The van der Waals surface area contributed by atoms with E-state index in [1.807, 2.05) is 0 Å². The van der Waals surface area contributed by atoms with Gasteiger partial charge >= 0.3 is 0 Å². The minimum atomic E-state index is -0.364. The van der Waals surface area contributed by atoms with E-state index in [1.54, 1.807) is 0 Å². The molecule has 1 amide bonds. The molecule has 2 aliphatic rings. The molecule has 0 aromatic rings. The third-order valence-corrected chi connectivity index (χ3v) is 3.43. The zero-order chi connectivity index (χ0) is 10.0. The second-order valence-corrected chi connectivity index (χ2v) is 4.67. The van der Waals surface area contributed by atoms with E-state index in [9.17, 15) is 4.79 Å².